The van der Waals surface area contributed by atoms with Crippen molar-refractivity contribution in [3.8, 4) is 0 Å². The number of H-pyrrole nitrogens is 1. The number of rotatable bonds is 6. The maximum atomic E-state index is 13.3. The van der Waals surface area contributed by atoms with Gasteiger partial charge in [-0.3, -0.25) is 14.4 Å². The van der Waals surface area contributed by atoms with Crippen molar-refractivity contribution < 1.29 is 14.4 Å². The molecule has 7 nitrogen and oxygen atoms in total. The van der Waals surface area contributed by atoms with Crippen LogP contribution >= 0.6 is 11.6 Å². The van der Waals surface area contributed by atoms with E-state index in [1.54, 1.807) is 29.2 Å². The predicted molar refractivity (Wildman–Crippen MR) is 119 cm³/mol. The number of aromatic nitrogens is 1. The first kappa shape index (κ1) is 20.9. The molecule has 2 heterocycles. The number of hydrogen-bond donors (Lipinski definition) is 3. The fourth-order valence-electron chi connectivity index (χ4n) is 3.96. The molecule has 0 fully saturated rings. The lowest BCUT2D eigenvalue weighted by Crippen LogP contribution is -2.50. The standard InChI is InChI=1S/C23H23ClN4O3/c24-15-7-5-14(6-8-15)22(30)27-20(9-10-21(25)29)23(31)28-12-11-19-17(13-28)16-3-1-2-4-18(16)26-19/h1-8,20,26H,9-13H2,(H2,25,29)(H,27,30)/t20-/m0/s1. The van der Waals surface area contributed by atoms with Crippen LogP contribution in [0.3, 0.4) is 0 Å². The zero-order chi connectivity index (χ0) is 22.0. The maximum Gasteiger partial charge on any atom is 0.251 e. The van der Waals surface area contributed by atoms with E-state index in [0.29, 0.717) is 30.1 Å². The second kappa shape index (κ2) is 8.81. The molecule has 1 aliphatic rings. The Kier molecular flexibility index (Phi) is 5.95. The molecule has 0 spiro atoms. The lowest BCUT2D eigenvalue weighted by Gasteiger charge is -2.31. The van der Waals surface area contributed by atoms with Gasteiger partial charge in [0.05, 0.1) is 0 Å². The van der Waals surface area contributed by atoms with Crippen LogP contribution in [0, 0.1) is 0 Å². The van der Waals surface area contributed by atoms with Gasteiger partial charge in [0.25, 0.3) is 5.91 Å². The minimum absolute atomic E-state index is 0.00345. The molecule has 3 aromatic rings. The summed E-state index contributed by atoms with van der Waals surface area (Å²) in [6.07, 6.45) is 0.845. The molecule has 4 rings (SSSR count). The Balaban J connectivity index is 1.53. The Bertz CT molecular complexity index is 1140. The minimum Gasteiger partial charge on any atom is -0.370 e. The average molecular weight is 439 g/mol. The second-order valence-corrected chi connectivity index (χ2v) is 8.11. The number of aromatic amines is 1. The summed E-state index contributed by atoms with van der Waals surface area (Å²) in [5.41, 5.74) is 8.95. The van der Waals surface area contributed by atoms with Crippen LogP contribution in [0.1, 0.15) is 34.5 Å². The molecule has 160 valence electrons. The summed E-state index contributed by atoms with van der Waals surface area (Å²) < 4.78 is 0. The third-order valence-electron chi connectivity index (χ3n) is 5.58. The fourth-order valence-corrected chi connectivity index (χ4v) is 4.09. The number of amides is 3. The van der Waals surface area contributed by atoms with E-state index in [0.717, 1.165) is 22.2 Å². The summed E-state index contributed by atoms with van der Waals surface area (Å²) in [4.78, 5) is 42.5. The van der Waals surface area contributed by atoms with E-state index in [-0.39, 0.29) is 18.7 Å². The van der Waals surface area contributed by atoms with Crippen LogP contribution in [0.15, 0.2) is 48.5 Å². The normalized spacial score (nSPS) is 14.2. The van der Waals surface area contributed by atoms with Crippen LogP contribution in [-0.2, 0) is 22.6 Å². The molecule has 2 aromatic carbocycles. The number of halogens is 1. The van der Waals surface area contributed by atoms with Crippen LogP contribution in [-0.4, -0.2) is 40.2 Å². The van der Waals surface area contributed by atoms with Crippen LogP contribution in [0.5, 0.6) is 0 Å². The lowest BCUT2D eigenvalue weighted by molar-refractivity contribution is -0.134. The molecule has 31 heavy (non-hydrogen) atoms. The highest BCUT2D eigenvalue weighted by Gasteiger charge is 2.30. The van der Waals surface area contributed by atoms with Gasteiger partial charge in [0, 0.05) is 58.7 Å². The minimum atomic E-state index is -0.845. The first-order valence-corrected chi connectivity index (χ1v) is 10.5. The molecule has 0 saturated heterocycles. The van der Waals surface area contributed by atoms with Crippen molar-refractivity contribution in [3.63, 3.8) is 0 Å². The number of carbonyl (C=O) groups is 3. The summed E-state index contributed by atoms with van der Waals surface area (Å²) in [6, 6.07) is 13.5. The number of primary amides is 1. The Morgan fingerprint density at radius 3 is 2.61 bits per heavy atom. The van der Waals surface area contributed by atoms with Crippen molar-refractivity contribution in [2.75, 3.05) is 6.54 Å². The van der Waals surface area contributed by atoms with Crippen molar-refractivity contribution in [3.05, 3.63) is 70.4 Å². The summed E-state index contributed by atoms with van der Waals surface area (Å²) in [6.45, 7) is 0.977. The van der Waals surface area contributed by atoms with E-state index in [1.165, 1.54) is 0 Å². The van der Waals surface area contributed by atoms with Crippen molar-refractivity contribution in [2.45, 2.75) is 31.8 Å². The molecule has 0 saturated carbocycles. The van der Waals surface area contributed by atoms with Gasteiger partial charge in [-0.15, -0.1) is 0 Å². The number of carbonyl (C=O) groups excluding carboxylic acids is 3. The van der Waals surface area contributed by atoms with Gasteiger partial charge in [-0.25, -0.2) is 0 Å². The Hall–Kier alpha value is -3.32. The maximum absolute atomic E-state index is 13.3. The number of para-hydroxylation sites is 1. The Labute approximate surface area is 184 Å². The average Bonchev–Trinajstić information content (AvgIpc) is 3.14. The van der Waals surface area contributed by atoms with E-state index < -0.39 is 17.9 Å². The van der Waals surface area contributed by atoms with Crippen molar-refractivity contribution >= 4 is 40.2 Å². The third kappa shape index (κ3) is 4.56. The number of nitrogens with one attached hydrogen (secondary N) is 2. The summed E-state index contributed by atoms with van der Waals surface area (Å²) >= 11 is 5.89. The van der Waals surface area contributed by atoms with Crippen LogP contribution in [0.4, 0.5) is 0 Å². The van der Waals surface area contributed by atoms with E-state index in [1.807, 2.05) is 24.3 Å². The van der Waals surface area contributed by atoms with Crippen LogP contribution in [0.2, 0.25) is 5.02 Å². The number of nitrogens with two attached hydrogens (primary N) is 1. The van der Waals surface area contributed by atoms with Gasteiger partial charge in [-0.1, -0.05) is 29.8 Å². The molecule has 3 amide bonds. The highest BCUT2D eigenvalue weighted by atomic mass is 35.5. The van der Waals surface area contributed by atoms with Crippen molar-refractivity contribution in [2.24, 2.45) is 5.73 Å². The number of fused-ring (bicyclic) bond motifs is 3. The molecule has 0 radical (unpaired) electrons. The first-order valence-electron chi connectivity index (χ1n) is 10.1. The van der Waals surface area contributed by atoms with E-state index in [4.69, 9.17) is 17.3 Å². The molecule has 1 aliphatic heterocycles. The zero-order valence-electron chi connectivity index (χ0n) is 16.9. The molecule has 0 bridgehead atoms. The van der Waals surface area contributed by atoms with E-state index in [2.05, 4.69) is 10.3 Å². The molecule has 4 N–H and O–H groups in total. The lowest BCUT2D eigenvalue weighted by atomic mass is 10.0. The fraction of sp³-hybridized carbons (Fsp3) is 0.261. The van der Waals surface area contributed by atoms with Gasteiger partial charge in [0.1, 0.15) is 6.04 Å². The van der Waals surface area contributed by atoms with Crippen LogP contribution in [0.25, 0.3) is 10.9 Å². The highest BCUT2D eigenvalue weighted by molar-refractivity contribution is 6.30. The quantitative estimate of drug-likeness (QED) is 0.550. The number of benzene rings is 2. The van der Waals surface area contributed by atoms with Gasteiger partial charge in [0.15, 0.2) is 0 Å². The van der Waals surface area contributed by atoms with E-state index in [9.17, 15) is 14.4 Å². The molecule has 0 aliphatic carbocycles. The third-order valence-corrected chi connectivity index (χ3v) is 5.84. The Morgan fingerprint density at radius 2 is 1.87 bits per heavy atom. The van der Waals surface area contributed by atoms with Crippen molar-refractivity contribution in [1.29, 1.82) is 0 Å². The monoisotopic (exact) mass is 438 g/mol. The molecular formula is C23H23ClN4O3. The van der Waals surface area contributed by atoms with Gasteiger partial charge >= 0.3 is 0 Å². The molecular weight excluding hydrogens is 416 g/mol. The Morgan fingerprint density at radius 1 is 1.13 bits per heavy atom. The highest BCUT2D eigenvalue weighted by Crippen LogP contribution is 2.28. The predicted octanol–water partition coefficient (Wildman–Crippen LogP) is 2.77. The zero-order valence-corrected chi connectivity index (χ0v) is 17.6. The van der Waals surface area contributed by atoms with Gasteiger partial charge in [-0.2, -0.15) is 0 Å². The van der Waals surface area contributed by atoms with Crippen molar-refractivity contribution in [1.82, 2.24) is 15.2 Å². The van der Waals surface area contributed by atoms with Gasteiger partial charge in [-0.05, 0) is 36.8 Å². The van der Waals surface area contributed by atoms with E-state index >= 15 is 0 Å². The number of nitrogens with zero attached hydrogens (tertiary/aromatic N) is 1. The molecule has 1 aromatic heterocycles. The van der Waals surface area contributed by atoms with Gasteiger partial charge < -0.3 is 20.9 Å². The van der Waals surface area contributed by atoms with Gasteiger partial charge in [0.2, 0.25) is 11.8 Å². The SMILES string of the molecule is NC(=O)CC[C@H](NC(=O)c1ccc(Cl)cc1)C(=O)N1CCc2[nH]c3ccccc3c2C1. The largest absolute Gasteiger partial charge is 0.370 e. The first-order chi connectivity index (χ1) is 14.9. The molecule has 1 atom stereocenters. The summed E-state index contributed by atoms with van der Waals surface area (Å²) in [7, 11) is 0. The molecule has 8 heteroatoms. The summed E-state index contributed by atoms with van der Waals surface area (Å²) in [5, 5.41) is 4.38. The smallest absolute Gasteiger partial charge is 0.251 e. The number of hydrogen-bond acceptors (Lipinski definition) is 3. The second-order valence-electron chi connectivity index (χ2n) is 7.68. The summed E-state index contributed by atoms with van der Waals surface area (Å²) in [5.74, 6) is -1.14. The topological polar surface area (TPSA) is 108 Å². The molecule has 0 unspecified atom stereocenters. The van der Waals surface area contributed by atoms with Crippen LogP contribution < -0.4 is 11.1 Å².